The zero-order chi connectivity index (χ0) is 20.1. The van der Waals surface area contributed by atoms with Crippen molar-refractivity contribution in [2.75, 3.05) is 20.2 Å². The van der Waals surface area contributed by atoms with Crippen LogP contribution in [0.5, 0.6) is 11.5 Å². The maximum Gasteiger partial charge on any atom is 0.255 e. The van der Waals surface area contributed by atoms with Crippen LogP contribution in [0, 0.1) is 0 Å². The van der Waals surface area contributed by atoms with Crippen molar-refractivity contribution in [1.82, 2.24) is 10.0 Å². The molecule has 0 aliphatic rings. The van der Waals surface area contributed by atoms with Gasteiger partial charge in [0.1, 0.15) is 11.5 Å². The van der Waals surface area contributed by atoms with Crippen molar-refractivity contribution in [3.8, 4) is 11.5 Å². The molecular weight excluding hydrogens is 380 g/mol. The van der Waals surface area contributed by atoms with Crippen LogP contribution in [0.2, 0.25) is 0 Å². The molecule has 0 saturated heterocycles. The molecule has 0 heterocycles. The molecule has 0 bridgehead atoms. The molecule has 0 radical (unpaired) electrons. The Balaban J connectivity index is 1.58. The van der Waals surface area contributed by atoms with Gasteiger partial charge < -0.3 is 15.2 Å². The van der Waals surface area contributed by atoms with E-state index in [1.165, 1.54) is 25.3 Å². The van der Waals surface area contributed by atoms with Gasteiger partial charge in [-0.1, -0.05) is 24.3 Å². The number of rotatable bonds is 7. The summed E-state index contributed by atoms with van der Waals surface area (Å²) in [6.07, 6.45) is 0. The number of nitrogens with one attached hydrogen (secondary N) is 2. The first-order valence-electron chi connectivity index (χ1n) is 8.54. The van der Waals surface area contributed by atoms with Crippen molar-refractivity contribution in [3.05, 3.63) is 66.2 Å². The van der Waals surface area contributed by atoms with Crippen LogP contribution in [-0.2, 0) is 10.0 Å². The van der Waals surface area contributed by atoms with E-state index < -0.39 is 15.9 Å². The normalized spacial score (nSPS) is 11.3. The molecule has 0 spiro atoms. The Hall–Kier alpha value is -3.10. The lowest BCUT2D eigenvalue weighted by atomic mass is 10.1. The minimum atomic E-state index is -3.69. The van der Waals surface area contributed by atoms with Crippen molar-refractivity contribution in [3.63, 3.8) is 0 Å². The van der Waals surface area contributed by atoms with Crippen LogP contribution in [0.3, 0.4) is 0 Å². The second-order valence-corrected chi connectivity index (χ2v) is 7.81. The molecule has 0 aliphatic carbocycles. The molecule has 3 rings (SSSR count). The first-order valence-corrected chi connectivity index (χ1v) is 10.0. The number of phenols is 1. The number of hydrogen-bond acceptors (Lipinski definition) is 5. The highest BCUT2D eigenvalue weighted by atomic mass is 32.2. The van der Waals surface area contributed by atoms with Crippen molar-refractivity contribution in [1.29, 1.82) is 0 Å². The van der Waals surface area contributed by atoms with Crippen molar-refractivity contribution >= 4 is 26.7 Å². The van der Waals surface area contributed by atoms with E-state index in [1.807, 2.05) is 24.3 Å². The number of hydrogen-bond donors (Lipinski definition) is 3. The molecule has 146 valence electrons. The van der Waals surface area contributed by atoms with E-state index >= 15 is 0 Å². The van der Waals surface area contributed by atoms with Gasteiger partial charge in [-0.15, -0.1) is 0 Å². The quantitative estimate of drug-likeness (QED) is 0.528. The van der Waals surface area contributed by atoms with Gasteiger partial charge in [0.05, 0.1) is 17.6 Å². The second-order valence-electron chi connectivity index (χ2n) is 6.05. The molecular formula is C20H20N2O5S. The molecule has 28 heavy (non-hydrogen) atoms. The van der Waals surface area contributed by atoms with E-state index in [-0.39, 0.29) is 29.3 Å². The Labute approximate surface area is 163 Å². The summed E-state index contributed by atoms with van der Waals surface area (Å²) in [5.74, 6) is -0.0525. The minimum Gasteiger partial charge on any atom is -0.507 e. The van der Waals surface area contributed by atoms with Crippen LogP contribution in [-0.4, -0.2) is 39.6 Å². The summed E-state index contributed by atoms with van der Waals surface area (Å²) in [6.45, 7) is 0.0783. The highest BCUT2D eigenvalue weighted by molar-refractivity contribution is 7.89. The predicted molar refractivity (Wildman–Crippen MR) is 106 cm³/mol. The van der Waals surface area contributed by atoms with Gasteiger partial charge >= 0.3 is 0 Å². The third-order valence-electron chi connectivity index (χ3n) is 4.18. The monoisotopic (exact) mass is 400 g/mol. The van der Waals surface area contributed by atoms with Crippen molar-refractivity contribution < 1.29 is 23.1 Å². The average molecular weight is 400 g/mol. The molecule has 3 N–H and O–H groups in total. The molecule has 0 fully saturated rings. The smallest absolute Gasteiger partial charge is 0.255 e. The highest BCUT2D eigenvalue weighted by Crippen LogP contribution is 2.24. The summed E-state index contributed by atoms with van der Waals surface area (Å²) in [6, 6.07) is 16.5. The van der Waals surface area contributed by atoms with Gasteiger partial charge in [0.2, 0.25) is 10.0 Å². The summed E-state index contributed by atoms with van der Waals surface area (Å²) < 4.78 is 31.9. The number of aromatic hydroxyl groups is 1. The van der Waals surface area contributed by atoms with Crippen molar-refractivity contribution in [2.45, 2.75) is 4.90 Å². The van der Waals surface area contributed by atoms with Crippen LogP contribution < -0.4 is 14.8 Å². The molecule has 3 aromatic carbocycles. The zero-order valence-corrected chi connectivity index (χ0v) is 16.0. The van der Waals surface area contributed by atoms with Crippen LogP contribution >= 0.6 is 0 Å². The summed E-state index contributed by atoms with van der Waals surface area (Å²) in [5.41, 5.74) is 0.136. The molecule has 8 heteroatoms. The van der Waals surface area contributed by atoms with Crippen LogP contribution in [0.25, 0.3) is 10.8 Å². The fourth-order valence-electron chi connectivity index (χ4n) is 2.71. The summed E-state index contributed by atoms with van der Waals surface area (Å²) in [7, 11) is -2.19. The summed E-state index contributed by atoms with van der Waals surface area (Å²) in [4.78, 5) is 12.4. The second kappa shape index (κ2) is 8.28. The zero-order valence-electron chi connectivity index (χ0n) is 15.2. The molecule has 0 atom stereocenters. The Morgan fingerprint density at radius 2 is 1.64 bits per heavy atom. The number of methoxy groups -OCH3 is 1. The first-order chi connectivity index (χ1) is 13.4. The Morgan fingerprint density at radius 1 is 1.00 bits per heavy atom. The Bertz CT molecular complexity index is 1100. The highest BCUT2D eigenvalue weighted by Gasteiger charge is 2.15. The Morgan fingerprint density at radius 3 is 2.29 bits per heavy atom. The maximum absolute atomic E-state index is 12.3. The summed E-state index contributed by atoms with van der Waals surface area (Å²) in [5, 5.41) is 14.3. The lowest BCUT2D eigenvalue weighted by Gasteiger charge is -2.10. The number of ether oxygens (including phenoxy) is 1. The van der Waals surface area contributed by atoms with E-state index in [4.69, 9.17) is 4.74 Å². The average Bonchev–Trinajstić information content (AvgIpc) is 2.70. The number of benzene rings is 3. The third kappa shape index (κ3) is 4.41. The maximum atomic E-state index is 12.3. The summed E-state index contributed by atoms with van der Waals surface area (Å²) >= 11 is 0. The fourth-order valence-corrected chi connectivity index (χ4v) is 3.74. The third-order valence-corrected chi connectivity index (χ3v) is 5.66. The first kappa shape index (κ1) is 19.7. The van der Waals surface area contributed by atoms with E-state index in [9.17, 15) is 18.3 Å². The molecule has 1 amide bonds. The van der Waals surface area contributed by atoms with Crippen molar-refractivity contribution in [2.24, 2.45) is 0 Å². The van der Waals surface area contributed by atoms with Gasteiger partial charge in [-0.3, -0.25) is 4.79 Å². The van der Waals surface area contributed by atoms with Gasteiger partial charge in [-0.25, -0.2) is 13.1 Å². The van der Waals surface area contributed by atoms with E-state index in [1.54, 1.807) is 18.2 Å². The number of sulfonamides is 1. The molecule has 0 unspecified atom stereocenters. The van der Waals surface area contributed by atoms with Gasteiger partial charge in [-0.05, 0) is 47.2 Å². The van der Waals surface area contributed by atoms with Crippen LogP contribution in [0.4, 0.5) is 0 Å². The largest absolute Gasteiger partial charge is 0.507 e. The molecule has 7 nitrogen and oxygen atoms in total. The molecule has 0 aliphatic heterocycles. The molecule has 0 aromatic heterocycles. The van der Waals surface area contributed by atoms with Gasteiger partial charge in [0.15, 0.2) is 0 Å². The molecule has 0 saturated carbocycles. The SMILES string of the molecule is COc1ccc(S(=O)(=O)NCCNC(=O)c2cc3ccccc3cc2O)cc1. The lowest BCUT2D eigenvalue weighted by molar-refractivity contribution is 0.0952. The number of phenolic OH excluding ortho intramolecular Hbond substituents is 1. The lowest BCUT2D eigenvalue weighted by Crippen LogP contribution is -2.34. The van der Waals surface area contributed by atoms with E-state index in [2.05, 4.69) is 10.0 Å². The van der Waals surface area contributed by atoms with Gasteiger partial charge in [0.25, 0.3) is 5.91 Å². The van der Waals surface area contributed by atoms with Crippen LogP contribution in [0.15, 0.2) is 65.6 Å². The number of carbonyl (C=O) groups excluding carboxylic acids is 1. The topological polar surface area (TPSA) is 105 Å². The van der Waals surface area contributed by atoms with Gasteiger partial charge in [0, 0.05) is 13.1 Å². The van der Waals surface area contributed by atoms with Crippen LogP contribution in [0.1, 0.15) is 10.4 Å². The van der Waals surface area contributed by atoms with E-state index in [0.717, 1.165) is 10.8 Å². The number of amides is 1. The fraction of sp³-hybridized carbons (Fsp3) is 0.150. The number of fused-ring (bicyclic) bond motifs is 1. The minimum absolute atomic E-state index is 0.00838. The number of carbonyl (C=O) groups is 1. The molecule has 3 aromatic rings. The van der Waals surface area contributed by atoms with Gasteiger partial charge in [-0.2, -0.15) is 0 Å². The predicted octanol–water partition coefficient (Wildman–Crippen LogP) is 2.26. The Kier molecular flexibility index (Phi) is 5.81. The standard InChI is InChI=1S/C20H20N2O5S/c1-27-16-6-8-17(9-7-16)28(25,26)22-11-10-21-20(24)18-12-14-4-2-3-5-15(14)13-19(18)23/h2-9,12-13,22-23H,10-11H2,1H3,(H,21,24). The van der Waals surface area contributed by atoms with E-state index in [0.29, 0.717) is 5.75 Å².